The van der Waals surface area contributed by atoms with Crippen molar-refractivity contribution in [2.75, 3.05) is 23.3 Å². The van der Waals surface area contributed by atoms with Crippen LogP contribution in [0, 0.1) is 0 Å². The second-order valence-electron chi connectivity index (χ2n) is 6.95. The van der Waals surface area contributed by atoms with Gasteiger partial charge in [0.15, 0.2) is 0 Å². The number of ether oxygens (including phenoxy) is 1. The predicted octanol–water partition coefficient (Wildman–Crippen LogP) is 3.37. The highest BCUT2D eigenvalue weighted by Crippen LogP contribution is 2.34. The van der Waals surface area contributed by atoms with Crippen LogP contribution in [-0.4, -0.2) is 34.1 Å². The van der Waals surface area contributed by atoms with Gasteiger partial charge in [0, 0.05) is 18.3 Å². The summed E-state index contributed by atoms with van der Waals surface area (Å²) in [5.41, 5.74) is 2.18. The van der Waals surface area contributed by atoms with E-state index in [1.165, 1.54) is 11.4 Å². The first-order chi connectivity index (χ1) is 13.3. The van der Waals surface area contributed by atoms with Crippen LogP contribution in [0.1, 0.15) is 25.8 Å². The number of aryl methyl sites for hydroxylation is 1. The average molecular weight is 404 g/mol. The van der Waals surface area contributed by atoms with Gasteiger partial charge in [0.1, 0.15) is 5.75 Å². The highest BCUT2D eigenvalue weighted by molar-refractivity contribution is 7.92. The molecule has 2 aromatic carbocycles. The average Bonchev–Trinajstić information content (AvgIpc) is 2.66. The molecule has 0 spiro atoms. The van der Waals surface area contributed by atoms with Crippen LogP contribution in [0.5, 0.6) is 5.75 Å². The van der Waals surface area contributed by atoms with Crippen molar-refractivity contribution in [1.29, 1.82) is 0 Å². The molecule has 1 aliphatic heterocycles. The Hall–Kier alpha value is -2.74. The van der Waals surface area contributed by atoms with E-state index in [9.17, 15) is 13.2 Å². The van der Waals surface area contributed by atoms with E-state index in [1.807, 2.05) is 19.9 Å². The Morgan fingerprint density at radius 1 is 1.14 bits per heavy atom. The highest BCUT2D eigenvalue weighted by Gasteiger charge is 2.29. The van der Waals surface area contributed by atoms with Gasteiger partial charge in [0.2, 0.25) is 0 Å². The highest BCUT2D eigenvalue weighted by atomic mass is 32.2. The van der Waals surface area contributed by atoms with Gasteiger partial charge in [-0.3, -0.25) is 4.31 Å². The van der Waals surface area contributed by atoms with Gasteiger partial charge in [-0.25, -0.2) is 13.2 Å². The SMILES string of the molecule is COc1ccc(S(=O)(=O)N2CCCc3cc(NC(=O)NC(C)C)ccc32)cc1. The number of urea groups is 1. The van der Waals surface area contributed by atoms with E-state index in [2.05, 4.69) is 10.6 Å². The van der Waals surface area contributed by atoms with Crippen LogP contribution in [0.4, 0.5) is 16.2 Å². The number of carbonyl (C=O) groups is 1. The van der Waals surface area contributed by atoms with Crippen LogP contribution in [0.15, 0.2) is 47.4 Å². The number of hydrogen-bond donors (Lipinski definition) is 2. The molecule has 2 amide bonds. The van der Waals surface area contributed by atoms with Crippen LogP contribution in [0.3, 0.4) is 0 Å². The van der Waals surface area contributed by atoms with Crippen molar-refractivity contribution >= 4 is 27.4 Å². The molecule has 2 aromatic rings. The summed E-state index contributed by atoms with van der Waals surface area (Å²) in [4.78, 5) is 12.1. The van der Waals surface area contributed by atoms with Gasteiger partial charge in [-0.05, 0) is 74.7 Å². The molecule has 8 heteroatoms. The molecule has 1 heterocycles. The number of nitrogens with one attached hydrogen (secondary N) is 2. The molecule has 2 N–H and O–H groups in total. The Labute approximate surface area is 165 Å². The molecule has 1 aliphatic rings. The summed E-state index contributed by atoms with van der Waals surface area (Å²) >= 11 is 0. The van der Waals surface area contributed by atoms with Gasteiger partial charge < -0.3 is 15.4 Å². The zero-order valence-corrected chi connectivity index (χ0v) is 17.0. The van der Waals surface area contributed by atoms with Crippen LogP contribution in [-0.2, 0) is 16.4 Å². The fraction of sp³-hybridized carbons (Fsp3) is 0.350. The summed E-state index contributed by atoms with van der Waals surface area (Å²) in [5.74, 6) is 0.605. The Morgan fingerprint density at radius 2 is 1.86 bits per heavy atom. The summed E-state index contributed by atoms with van der Waals surface area (Å²) in [6.07, 6.45) is 1.47. The molecule has 0 saturated carbocycles. The zero-order valence-electron chi connectivity index (χ0n) is 16.2. The number of fused-ring (bicyclic) bond motifs is 1. The van der Waals surface area contributed by atoms with Crippen LogP contribution >= 0.6 is 0 Å². The van der Waals surface area contributed by atoms with E-state index >= 15 is 0 Å². The quantitative estimate of drug-likeness (QED) is 0.801. The van der Waals surface area contributed by atoms with Crippen molar-refractivity contribution in [3.05, 3.63) is 48.0 Å². The van der Waals surface area contributed by atoms with E-state index in [0.717, 1.165) is 12.0 Å². The number of carbonyl (C=O) groups excluding carboxylic acids is 1. The summed E-state index contributed by atoms with van der Waals surface area (Å²) in [6, 6.07) is 11.4. The lowest BCUT2D eigenvalue weighted by molar-refractivity contribution is 0.250. The number of sulfonamides is 1. The van der Waals surface area contributed by atoms with Crippen LogP contribution < -0.4 is 19.7 Å². The molecule has 28 heavy (non-hydrogen) atoms. The van der Waals surface area contributed by atoms with Crippen LogP contribution in [0.25, 0.3) is 0 Å². The molecule has 0 bridgehead atoms. The Balaban J connectivity index is 1.87. The van der Waals surface area contributed by atoms with Gasteiger partial charge in [-0.15, -0.1) is 0 Å². The third-order valence-corrected chi connectivity index (χ3v) is 6.31. The number of amides is 2. The van der Waals surface area contributed by atoms with Crippen molar-refractivity contribution in [3.63, 3.8) is 0 Å². The lowest BCUT2D eigenvalue weighted by Crippen LogP contribution is -2.36. The first-order valence-electron chi connectivity index (χ1n) is 9.18. The summed E-state index contributed by atoms with van der Waals surface area (Å²) in [5, 5.41) is 5.56. The molecule has 7 nitrogen and oxygen atoms in total. The summed E-state index contributed by atoms with van der Waals surface area (Å²) in [6.45, 7) is 4.19. The lowest BCUT2D eigenvalue weighted by Gasteiger charge is -2.31. The second-order valence-corrected chi connectivity index (χ2v) is 8.82. The molecule has 0 radical (unpaired) electrons. The van der Waals surface area contributed by atoms with E-state index < -0.39 is 10.0 Å². The van der Waals surface area contributed by atoms with Gasteiger partial charge >= 0.3 is 6.03 Å². The van der Waals surface area contributed by atoms with Crippen molar-refractivity contribution < 1.29 is 17.9 Å². The normalized spacial score (nSPS) is 13.8. The van der Waals surface area contributed by atoms with Gasteiger partial charge in [-0.1, -0.05) is 0 Å². The predicted molar refractivity (Wildman–Crippen MR) is 110 cm³/mol. The zero-order chi connectivity index (χ0) is 20.3. The number of hydrogen-bond acceptors (Lipinski definition) is 4. The maximum absolute atomic E-state index is 13.1. The topological polar surface area (TPSA) is 87.7 Å². The number of nitrogens with zero attached hydrogens (tertiary/aromatic N) is 1. The van der Waals surface area contributed by atoms with Crippen molar-refractivity contribution in [2.24, 2.45) is 0 Å². The Kier molecular flexibility index (Phi) is 5.79. The van der Waals surface area contributed by atoms with Crippen molar-refractivity contribution in [3.8, 4) is 5.75 Å². The number of benzene rings is 2. The van der Waals surface area contributed by atoms with Crippen molar-refractivity contribution in [2.45, 2.75) is 37.6 Å². The molecule has 3 rings (SSSR count). The van der Waals surface area contributed by atoms with Gasteiger partial charge in [-0.2, -0.15) is 0 Å². The minimum Gasteiger partial charge on any atom is -0.497 e. The molecule has 0 saturated heterocycles. The van der Waals surface area contributed by atoms with Gasteiger partial charge in [0.25, 0.3) is 10.0 Å². The third-order valence-electron chi connectivity index (χ3n) is 4.48. The second kappa shape index (κ2) is 8.10. The fourth-order valence-corrected chi connectivity index (χ4v) is 4.74. The minimum absolute atomic E-state index is 0.0303. The van der Waals surface area contributed by atoms with E-state index in [-0.39, 0.29) is 17.0 Å². The molecule has 0 fully saturated rings. The molecule has 0 aromatic heterocycles. The number of rotatable bonds is 5. The Morgan fingerprint density at radius 3 is 2.50 bits per heavy atom. The summed E-state index contributed by atoms with van der Waals surface area (Å²) in [7, 11) is -2.14. The summed E-state index contributed by atoms with van der Waals surface area (Å²) < 4.78 is 32.8. The van der Waals surface area contributed by atoms with E-state index in [4.69, 9.17) is 4.74 Å². The maximum Gasteiger partial charge on any atom is 0.319 e. The smallest absolute Gasteiger partial charge is 0.319 e. The maximum atomic E-state index is 13.1. The van der Waals surface area contributed by atoms with E-state index in [0.29, 0.717) is 30.1 Å². The van der Waals surface area contributed by atoms with Crippen molar-refractivity contribution in [1.82, 2.24) is 5.32 Å². The molecule has 0 aliphatic carbocycles. The molecule has 150 valence electrons. The molecular formula is C20H25N3O4S. The number of anilines is 2. The lowest BCUT2D eigenvalue weighted by atomic mass is 10.0. The fourth-order valence-electron chi connectivity index (χ4n) is 3.19. The first kappa shape index (κ1) is 20.0. The van der Waals surface area contributed by atoms with E-state index in [1.54, 1.807) is 36.4 Å². The van der Waals surface area contributed by atoms with Gasteiger partial charge in [0.05, 0.1) is 17.7 Å². The molecular weight excluding hydrogens is 378 g/mol. The molecule has 0 unspecified atom stereocenters. The minimum atomic E-state index is -3.67. The molecule has 0 atom stereocenters. The Bertz CT molecular complexity index is 956. The number of methoxy groups -OCH3 is 1. The monoisotopic (exact) mass is 403 g/mol. The largest absolute Gasteiger partial charge is 0.497 e. The third kappa shape index (κ3) is 4.22. The first-order valence-corrected chi connectivity index (χ1v) is 10.6. The standard InChI is InChI=1S/C20H25N3O4S/c1-14(2)21-20(24)22-16-6-11-19-15(13-16)5-4-12-23(19)28(25,26)18-9-7-17(27-3)8-10-18/h6-11,13-14H,4-5,12H2,1-3H3,(H2,21,22,24). The van der Waals surface area contributed by atoms with Crippen LogP contribution in [0.2, 0.25) is 0 Å².